The quantitative estimate of drug-likeness (QED) is 0.199. The molecule has 0 aromatic heterocycles. The molecule has 0 aromatic carbocycles. The molecule has 0 saturated carbocycles. The second-order valence-electron chi connectivity index (χ2n) is 13.2. The molecule has 0 aromatic rings. The number of amides is 4. The number of likely N-dealkylation sites (tertiary alicyclic amines) is 1. The minimum absolute atomic E-state index is 0.0411. The Morgan fingerprint density at radius 1 is 0.833 bits per heavy atom. The van der Waals surface area contributed by atoms with Crippen molar-refractivity contribution in [2.45, 2.75) is 148 Å². The van der Waals surface area contributed by atoms with Gasteiger partial charge in [0.15, 0.2) is 0 Å². The molecule has 2 aliphatic rings. The van der Waals surface area contributed by atoms with Gasteiger partial charge < -0.3 is 30.3 Å². The van der Waals surface area contributed by atoms with Crippen LogP contribution in [0.3, 0.4) is 0 Å². The molecule has 42 heavy (non-hydrogen) atoms. The summed E-state index contributed by atoms with van der Waals surface area (Å²) in [5.41, 5.74) is -1.09. The number of nitrogens with zero attached hydrogens (tertiary/aromatic N) is 1. The molecule has 0 bridgehead atoms. The highest BCUT2D eigenvalue weighted by Gasteiger charge is 2.29. The van der Waals surface area contributed by atoms with E-state index in [0.717, 1.165) is 58.0 Å². The van der Waals surface area contributed by atoms with Crippen molar-refractivity contribution in [3.05, 3.63) is 12.7 Å². The highest BCUT2D eigenvalue weighted by molar-refractivity contribution is 5.86. The molecule has 0 aliphatic carbocycles. The average molecular weight is 595 g/mol. The first-order valence-electron chi connectivity index (χ1n) is 15.9. The Kier molecular flexibility index (Phi) is 17.2. The Balaban J connectivity index is 0.000000470. The van der Waals surface area contributed by atoms with Gasteiger partial charge >= 0.3 is 12.2 Å². The SMILES string of the molecule is C=CCCCCCCCCN1CCCC[C@H](NC(=O)OC(C)(C)C)C1=O.CC(C)(C)OC(=O)N[C@H]1CCCCNC1=O. The lowest BCUT2D eigenvalue weighted by Crippen LogP contribution is -2.48. The van der Waals surface area contributed by atoms with Gasteiger partial charge in [-0.15, -0.1) is 6.58 Å². The van der Waals surface area contributed by atoms with Gasteiger partial charge in [-0.1, -0.05) is 31.8 Å². The lowest BCUT2D eigenvalue weighted by Gasteiger charge is -2.26. The van der Waals surface area contributed by atoms with Crippen LogP contribution in [0.1, 0.15) is 125 Å². The topological polar surface area (TPSA) is 126 Å². The van der Waals surface area contributed by atoms with Crippen molar-refractivity contribution < 1.29 is 28.7 Å². The number of hydrogen-bond acceptors (Lipinski definition) is 6. The minimum Gasteiger partial charge on any atom is -0.444 e. The third-order valence-electron chi connectivity index (χ3n) is 6.78. The van der Waals surface area contributed by atoms with E-state index in [2.05, 4.69) is 22.5 Å². The Hall–Kier alpha value is -2.78. The third-order valence-corrected chi connectivity index (χ3v) is 6.78. The second kappa shape index (κ2) is 19.4. The van der Waals surface area contributed by atoms with Crippen LogP contribution in [0.4, 0.5) is 9.59 Å². The number of rotatable bonds is 11. The molecule has 10 heteroatoms. The van der Waals surface area contributed by atoms with Crippen LogP contribution in [0.5, 0.6) is 0 Å². The zero-order valence-corrected chi connectivity index (χ0v) is 27.1. The molecule has 0 unspecified atom stereocenters. The van der Waals surface area contributed by atoms with E-state index in [1.807, 2.05) is 31.7 Å². The number of nitrogens with one attached hydrogen (secondary N) is 3. The zero-order chi connectivity index (χ0) is 31.6. The normalized spacial score (nSPS) is 19.7. The highest BCUT2D eigenvalue weighted by atomic mass is 16.6. The molecule has 3 N–H and O–H groups in total. The number of carbonyl (C=O) groups excluding carboxylic acids is 4. The van der Waals surface area contributed by atoms with Gasteiger partial charge in [-0.2, -0.15) is 0 Å². The van der Waals surface area contributed by atoms with Gasteiger partial charge in [0.05, 0.1) is 0 Å². The van der Waals surface area contributed by atoms with Crippen LogP contribution in [0, 0.1) is 0 Å². The minimum atomic E-state index is -0.552. The Bertz CT molecular complexity index is 849. The molecule has 2 aliphatic heterocycles. The van der Waals surface area contributed by atoms with E-state index >= 15 is 0 Å². The summed E-state index contributed by atoms with van der Waals surface area (Å²) in [6.07, 6.45) is 14.4. The third kappa shape index (κ3) is 17.9. The predicted molar refractivity (Wildman–Crippen MR) is 166 cm³/mol. The fourth-order valence-electron chi connectivity index (χ4n) is 4.74. The summed E-state index contributed by atoms with van der Waals surface area (Å²) in [5, 5.41) is 8.11. The van der Waals surface area contributed by atoms with Crippen LogP contribution in [0.25, 0.3) is 0 Å². The molecule has 2 saturated heterocycles. The smallest absolute Gasteiger partial charge is 0.408 e. The van der Waals surface area contributed by atoms with Crippen molar-refractivity contribution in [2.24, 2.45) is 0 Å². The maximum Gasteiger partial charge on any atom is 0.408 e. The van der Waals surface area contributed by atoms with E-state index < -0.39 is 35.5 Å². The van der Waals surface area contributed by atoms with Gasteiger partial charge in [-0.25, -0.2) is 9.59 Å². The number of ether oxygens (including phenoxy) is 2. The number of allylic oxidation sites excluding steroid dienone is 1. The van der Waals surface area contributed by atoms with Crippen LogP contribution >= 0.6 is 0 Å². The van der Waals surface area contributed by atoms with Crippen molar-refractivity contribution in [1.82, 2.24) is 20.9 Å². The summed E-state index contributed by atoms with van der Waals surface area (Å²) >= 11 is 0. The summed E-state index contributed by atoms with van der Waals surface area (Å²) in [5.74, 6) is -0.0808. The molecule has 4 amide bonds. The number of unbranched alkanes of at least 4 members (excludes halogenated alkanes) is 6. The molecule has 0 spiro atoms. The van der Waals surface area contributed by atoms with E-state index in [9.17, 15) is 19.2 Å². The number of alkyl carbamates (subject to hydrolysis) is 2. The van der Waals surface area contributed by atoms with E-state index in [1.165, 1.54) is 25.7 Å². The van der Waals surface area contributed by atoms with Gasteiger partial charge in [0.25, 0.3) is 0 Å². The molecule has 242 valence electrons. The molecule has 2 rings (SSSR count). The van der Waals surface area contributed by atoms with E-state index in [4.69, 9.17) is 9.47 Å². The van der Waals surface area contributed by atoms with E-state index in [0.29, 0.717) is 19.4 Å². The average Bonchev–Trinajstić information content (AvgIpc) is 3.17. The first-order chi connectivity index (χ1) is 19.7. The van der Waals surface area contributed by atoms with Gasteiger partial charge in [0, 0.05) is 19.6 Å². The molecule has 2 fully saturated rings. The zero-order valence-electron chi connectivity index (χ0n) is 27.1. The van der Waals surface area contributed by atoms with Crippen molar-refractivity contribution in [1.29, 1.82) is 0 Å². The Morgan fingerprint density at radius 2 is 1.36 bits per heavy atom. The van der Waals surface area contributed by atoms with Crippen molar-refractivity contribution in [2.75, 3.05) is 19.6 Å². The predicted octanol–water partition coefficient (Wildman–Crippen LogP) is 5.99. The van der Waals surface area contributed by atoms with Crippen molar-refractivity contribution >= 4 is 24.0 Å². The number of hydrogen-bond donors (Lipinski definition) is 3. The highest BCUT2D eigenvalue weighted by Crippen LogP contribution is 2.16. The van der Waals surface area contributed by atoms with E-state index in [-0.39, 0.29) is 11.8 Å². The van der Waals surface area contributed by atoms with E-state index in [1.54, 1.807) is 20.8 Å². The summed E-state index contributed by atoms with van der Waals surface area (Å²) in [4.78, 5) is 49.6. The van der Waals surface area contributed by atoms with Crippen LogP contribution < -0.4 is 16.0 Å². The maximum absolute atomic E-state index is 12.7. The van der Waals surface area contributed by atoms with Crippen LogP contribution in [0.2, 0.25) is 0 Å². The molecular weight excluding hydrogens is 536 g/mol. The first kappa shape index (κ1) is 37.2. The largest absolute Gasteiger partial charge is 0.444 e. The molecule has 10 nitrogen and oxygen atoms in total. The summed E-state index contributed by atoms with van der Waals surface area (Å²) in [6, 6.07) is -0.913. The molecule has 0 radical (unpaired) electrons. The van der Waals surface area contributed by atoms with Crippen molar-refractivity contribution in [3.63, 3.8) is 0 Å². The van der Waals surface area contributed by atoms with Gasteiger partial charge in [-0.05, 0) is 99.3 Å². The summed E-state index contributed by atoms with van der Waals surface area (Å²) < 4.78 is 10.4. The van der Waals surface area contributed by atoms with Crippen LogP contribution in [0.15, 0.2) is 12.7 Å². The molecule has 2 atom stereocenters. The second-order valence-corrected chi connectivity index (χ2v) is 13.2. The fraction of sp³-hybridized carbons (Fsp3) is 0.812. The Morgan fingerprint density at radius 3 is 1.95 bits per heavy atom. The lowest BCUT2D eigenvalue weighted by molar-refractivity contribution is -0.133. The summed E-state index contributed by atoms with van der Waals surface area (Å²) in [7, 11) is 0. The van der Waals surface area contributed by atoms with Crippen molar-refractivity contribution in [3.8, 4) is 0 Å². The monoisotopic (exact) mass is 594 g/mol. The number of carbonyl (C=O) groups is 4. The standard InChI is InChI=1S/C21H38N2O3.C11H20N2O3/c1-5-6-7-8-9-10-11-13-16-23-17-14-12-15-18(19(23)24)22-20(25)26-21(2,3)4;1-11(2,3)16-10(15)13-8-6-4-5-7-12-9(8)14/h5,18H,1,6-17H2,2-4H3,(H,22,25);8H,4-7H2,1-3H3,(H,12,14)(H,13,15)/t18-;8-/m00/s1. The van der Waals surface area contributed by atoms with Crippen LogP contribution in [-0.4, -0.2) is 71.8 Å². The Labute approximate surface area is 254 Å². The van der Waals surface area contributed by atoms with Gasteiger partial charge in [0.1, 0.15) is 23.3 Å². The lowest BCUT2D eigenvalue weighted by atomic mass is 10.1. The van der Waals surface area contributed by atoms with Gasteiger partial charge in [0.2, 0.25) is 11.8 Å². The van der Waals surface area contributed by atoms with Crippen LogP contribution in [-0.2, 0) is 19.1 Å². The maximum atomic E-state index is 12.7. The summed E-state index contributed by atoms with van der Waals surface area (Å²) in [6.45, 7) is 16.9. The fourth-order valence-corrected chi connectivity index (χ4v) is 4.74. The first-order valence-corrected chi connectivity index (χ1v) is 15.9. The molecule has 2 heterocycles. The van der Waals surface area contributed by atoms with Gasteiger partial charge in [-0.3, -0.25) is 9.59 Å². The molecular formula is C32H58N4O6.